The highest BCUT2D eigenvalue weighted by Crippen LogP contribution is 2.34. The van der Waals surface area contributed by atoms with Crippen LogP contribution < -0.4 is 5.73 Å². The molecule has 1 aliphatic heterocycles. The molecular weight excluding hydrogens is 190 g/mol. The van der Waals surface area contributed by atoms with Crippen molar-refractivity contribution < 1.29 is 4.79 Å². The monoisotopic (exact) mass is 211 g/mol. The molecular formula is C11H21N3O. The van der Waals surface area contributed by atoms with Crippen molar-refractivity contribution in [1.82, 2.24) is 9.80 Å². The van der Waals surface area contributed by atoms with E-state index in [2.05, 4.69) is 25.8 Å². The van der Waals surface area contributed by atoms with Crippen LogP contribution in [0.1, 0.15) is 26.7 Å². The van der Waals surface area contributed by atoms with Gasteiger partial charge in [-0.1, -0.05) is 0 Å². The molecule has 0 bridgehead atoms. The van der Waals surface area contributed by atoms with Crippen LogP contribution in [-0.2, 0) is 4.79 Å². The van der Waals surface area contributed by atoms with E-state index in [-0.39, 0.29) is 5.91 Å². The Morgan fingerprint density at radius 1 is 1.27 bits per heavy atom. The fraction of sp³-hybridized carbons (Fsp3) is 0.909. The van der Waals surface area contributed by atoms with Crippen LogP contribution in [0.15, 0.2) is 0 Å². The number of hydrogen-bond donors (Lipinski definition) is 1. The molecule has 1 aliphatic carbocycles. The third-order valence-electron chi connectivity index (χ3n) is 3.86. The van der Waals surface area contributed by atoms with Crippen LogP contribution in [0, 0.1) is 0 Å². The summed E-state index contributed by atoms with van der Waals surface area (Å²) in [6, 6.07) is 0.861. The lowest BCUT2D eigenvalue weighted by Crippen LogP contribution is -2.59. The van der Waals surface area contributed by atoms with Crippen molar-refractivity contribution in [3.63, 3.8) is 0 Å². The number of likely N-dealkylation sites (N-methyl/N-ethyl adjacent to an activating group) is 1. The first-order valence-electron chi connectivity index (χ1n) is 5.74. The largest absolute Gasteiger partial charge is 0.338 e. The van der Waals surface area contributed by atoms with E-state index in [9.17, 15) is 4.79 Å². The van der Waals surface area contributed by atoms with Crippen LogP contribution in [-0.4, -0.2) is 53.5 Å². The molecule has 2 fully saturated rings. The average molecular weight is 211 g/mol. The van der Waals surface area contributed by atoms with E-state index < -0.39 is 5.54 Å². The molecule has 2 aliphatic rings. The summed E-state index contributed by atoms with van der Waals surface area (Å²) in [4.78, 5) is 16.3. The molecule has 4 nitrogen and oxygen atoms in total. The Bertz CT molecular complexity index is 263. The molecule has 2 atom stereocenters. The summed E-state index contributed by atoms with van der Waals surface area (Å²) in [5.74, 6) is 0.161. The van der Waals surface area contributed by atoms with Crippen molar-refractivity contribution in [3.05, 3.63) is 0 Å². The van der Waals surface area contributed by atoms with Gasteiger partial charge >= 0.3 is 0 Å². The molecule has 1 saturated carbocycles. The van der Waals surface area contributed by atoms with Crippen LogP contribution in [0.3, 0.4) is 0 Å². The van der Waals surface area contributed by atoms with Crippen molar-refractivity contribution in [2.75, 3.05) is 20.1 Å². The fourth-order valence-electron chi connectivity index (χ4n) is 2.23. The van der Waals surface area contributed by atoms with Gasteiger partial charge in [0, 0.05) is 25.2 Å². The zero-order valence-electron chi connectivity index (χ0n) is 9.86. The number of hydrogen-bond acceptors (Lipinski definition) is 3. The van der Waals surface area contributed by atoms with Crippen LogP contribution in [0.5, 0.6) is 0 Å². The van der Waals surface area contributed by atoms with Gasteiger partial charge in [0.1, 0.15) is 0 Å². The second kappa shape index (κ2) is 3.46. The van der Waals surface area contributed by atoms with Gasteiger partial charge in [-0.3, -0.25) is 9.69 Å². The summed E-state index contributed by atoms with van der Waals surface area (Å²) in [5.41, 5.74) is 5.44. The molecule has 0 aromatic carbocycles. The molecule has 15 heavy (non-hydrogen) atoms. The van der Waals surface area contributed by atoms with Gasteiger partial charge < -0.3 is 10.6 Å². The molecule has 2 unspecified atom stereocenters. The summed E-state index contributed by atoms with van der Waals surface area (Å²) in [7, 11) is 2.12. The molecule has 86 valence electrons. The smallest absolute Gasteiger partial charge is 0.242 e. The molecule has 1 amide bonds. The normalized spacial score (nSPS) is 35.3. The van der Waals surface area contributed by atoms with Crippen molar-refractivity contribution in [1.29, 1.82) is 0 Å². The molecule has 1 heterocycles. The highest BCUT2D eigenvalue weighted by Gasteiger charge is 2.49. The molecule has 4 heteroatoms. The van der Waals surface area contributed by atoms with E-state index in [1.165, 1.54) is 0 Å². The molecule has 2 rings (SSSR count). The number of nitrogens with two attached hydrogens (primary N) is 1. The molecule has 0 aromatic rings. The minimum absolute atomic E-state index is 0.161. The molecule has 1 saturated heterocycles. The highest BCUT2D eigenvalue weighted by atomic mass is 16.2. The maximum Gasteiger partial charge on any atom is 0.242 e. The van der Waals surface area contributed by atoms with Gasteiger partial charge in [0.2, 0.25) is 5.91 Å². The molecule has 0 spiro atoms. The van der Waals surface area contributed by atoms with E-state index in [1.54, 1.807) is 0 Å². The van der Waals surface area contributed by atoms with Gasteiger partial charge in [-0.2, -0.15) is 0 Å². The first kappa shape index (κ1) is 10.9. The number of carbonyl (C=O) groups is 1. The van der Waals surface area contributed by atoms with Crippen molar-refractivity contribution in [2.45, 2.75) is 44.3 Å². The van der Waals surface area contributed by atoms with Crippen LogP contribution in [0.2, 0.25) is 0 Å². The first-order valence-corrected chi connectivity index (χ1v) is 5.74. The summed E-state index contributed by atoms with van der Waals surface area (Å²) >= 11 is 0. The zero-order valence-corrected chi connectivity index (χ0v) is 9.86. The van der Waals surface area contributed by atoms with E-state index >= 15 is 0 Å². The lowest BCUT2D eigenvalue weighted by molar-refractivity contribution is -0.137. The average Bonchev–Trinajstić information content (AvgIpc) is 2.92. The van der Waals surface area contributed by atoms with Gasteiger partial charge in [-0.15, -0.1) is 0 Å². The summed E-state index contributed by atoms with van der Waals surface area (Å²) < 4.78 is 0. The number of nitrogens with zero attached hydrogens (tertiary/aromatic N) is 2. The molecule has 0 aromatic heterocycles. The van der Waals surface area contributed by atoms with Crippen molar-refractivity contribution >= 4 is 5.91 Å². The lowest BCUT2D eigenvalue weighted by atomic mass is 10.1. The number of carbonyl (C=O) groups excluding carboxylic acids is 1. The van der Waals surface area contributed by atoms with E-state index in [0.717, 1.165) is 25.9 Å². The van der Waals surface area contributed by atoms with Gasteiger partial charge in [-0.25, -0.2) is 0 Å². The summed E-state index contributed by atoms with van der Waals surface area (Å²) in [5, 5.41) is 0. The van der Waals surface area contributed by atoms with Crippen LogP contribution in [0.4, 0.5) is 0 Å². The third-order valence-corrected chi connectivity index (χ3v) is 3.86. The Balaban J connectivity index is 2.02. The summed E-state index contributed by atoms with van der Waals surface area (Å²) in [6.45, 7) is 5.95. The van der Waals surface area contributed by atoms with Crippen molar-refractivity contribution in [2.24, 2.45) is 5.73 Å². The third kappa shape index (κ3) is 1.88. The van der Waals surface area contributed by atoms with Crippen LogP contribution in [0.25, 0.3) is 0 Å². The fourth-order valence-corrected chi connectivity index (χ4v) is 2.23. The summed E-state index contributed by atoms with van der Waals surface area (Å²) in [6.07, 6.45) is 1.72. The van der Waals surface area contributed by atoms with Gasteiger partial charge in [-0.05, 0) is 33.7 Å². The second-order valence-electron chi connectivity index (χ2n) is 5.23. The molecule has 2 N–H and O–H groups in total. The SMILES string of the molecule is CC1CN(C(=O)C2(N)CC2)CC(C)N1C. The topological polar surface area (TPSA) is 49.6 Å². The van der Waals surface area contributed by atoms with E-state index in [4.69, 9.17) is 5.73 Å². The maximum absolute atomic E-state index is 12.1. The minimum atomic E-state index is -0.505. The van der Waals surface area contributed by atoms with Gasteiger partial charge in [0.05, 0.1) is 5.54 Å². The predicted molar refractivity (Wildman–Crippen MR) is 59.4 cm³/mol. The number of piperazine rings is 1. The van der Waals surface area contributed by atoms with E-state index in [1.807, 2.05) is 4.90 Å². The second-order valence-corrected chi connectivity index (χ2v) is 5.23. The van der Waals surface area contributed by atoms with Gasteiger partial charge in [0.25, 0.3) is 0 Å². The standard InChI is InChI=1S/C11H21N3O/c1-8-6-14(7-9(2)13(8)3)10(15)11(12)4-5-11/h8-9H,4-7,12H2,1-3H3. The van der Waals surface area contributed by atoms with Crippen molar-refractivity contribution in [3.8, 4) is 0 Å². The Morgan fingerprint density at radius 3 is 2.13 bits per heavy atom. The molecule has 0 radical (unpaired) electrons. The first-order chi connectivity index (χ1) is 6.94. The van der Waals surface area contributed by atoms with E-state index in [0.29, 0.717) is 12.1 Å². The Hall–Kier alpha value is -0.610. The van der Waals surface area contributed by atoms with Gasteiger partial charge in [0.15, 0.2) is 0 Å². The number of rotatable bonds is 1. The quantitative estimate of drug-likeness (QED) is 0.665. The number of amides is 1. The minimum Gasteiger partial charge on any atom is -0.338 e. The Morgan fingerprint density at radius 2 is 1.73 bits per heavy atom. The predicted octanol–water partition coefficient (Wildman–Crippen LogP) is 0.0287. The maximum atomic E-state index is 12.1. The zero-order chi connectivity index (χ0) is 11.2. The Labute approximate surface area is 91.4 Å². The lowest BCUT2D eigenvalue weighted by Gasteiger charge is -2.43. The van der Waals surface area contributed by atoms with Crippen LogP contribution >= 0.6 is 0 Å². The highest BCUT2D eigenvalue weighted by molar-refractivity contribution is 5.89. The Kier molecular flexibility index (Phi) is 2.51.